The average Bonchev–Trinajstić information content (AvgIpc) is 3.09. The van der Waals surface area contributed by atoms with Gasteiger partial charge in [-0.15, -0.1) is 0 Å². The molecule has 0 radical (unpaired) electrons. The van der Waals surface area contributed by atoms with Gasteiger partial charge in [-0.1, -0.05) is 5.16 Å². The molecule has 1 fully saturated rings. The van der Waals surface area contributed by atoms with E-state index in [0.29, 0.717) is 25.9 Å². The Balaban J connectivity index is 1.58. The molecule has 1 aromatic carbocycles. The summed E-state index contributed by atoms with van der Waals surface area (Å²) in [4.78, 5) is 26.1. The van der Waals surface area contributed by atoms with Crippen molar-refractivity contribution in [3.05, 3.63) is 40.0 Å². The van der Waals surface area contributed by atoms with Gasteiger partial charge in [0, 0.05) is 24.7 Å². The lowest BCUT2D eigenvalue weighted by Crippen LogP contribution is -2.40. The number of halogens is 1. The highest BCUT2D eigenvalue weighted by atomic mass is 19.1. The zero-order valence-electron chi connectivity index (χ0n) is 13.5. The smallest absolute Gasteiger partial charge is 0.407 e. The summed E-state index contributed by atoms with van der Waals surface area (Å²) in [5, 5.41) is 23.2. The molecule has 0 spiro atoms. The molecule has 3 rings (SSSR count). The van der Waals surface area contributed by atoms with Gasteiger partial charge in [-0.3, -0.25) is 10.1 Å². The van der Waals surface area contributed by atoms with Crippen molar-refractivity contribution in [3.8, 4) is 11.4 Å². The number of nitrogens with zero attached hydrogens (tertiary/aromatic N) is 4. The number of hydrogen-bond donors (Lipinski definition) is 1. The molecule has 10 nitrogen and oxygen atoms in total. The lowest BCUT2D eigenvalue weighted by Gasteiger charge is -2.29. The Bertz CT molecular complexity index is 818. The molecule has 0 saturated carbocycles. The number of likely N-dealkylation sites (tertiary alicyclic amines) is 1. The third-order valence-electron chi connectivity index (χ3n) is 4.03. The molecule has 1 aliphatic heterocycles. The van der Waals surface area contributed by atoms with Crippen LogP contribution in [0.5, 0.6) is 0 Å². The number of nitro groups is 1. The van der Waals surface area contributed by atoms with Crippen LogP contribution in [0.25, 0.3) is 11.4 Å². The molecule has 1 aliphatic rings. The molecule has 1 amide bonds. The second-order valence-corrected chi connectivity index (χ2v) is 5.72. The molecule has 1 N–H and O–H groups in total. The van der Waals surface area contributed by atoms with Crippen molar-refractivity contribution in [1.82, 2.24) is 15.0 Å². The van der Waals surface area contributed by atoms with Gasteiger partial charge in [0.15, 0.2) is 0 Å². The topological polar surface area (TPSA) is 132 Å². The van der Waals surface area contributed by atoms with Crippen LogP contribution < -0.4 is 0 Å². The fourth-order valence-corrected chi connectivity index (χ4v) is 2.63. The maximum atomic E-state index is 13.7. The van der Waals surface area contributed by atoms with Gasteiger partial charge < -0.3 is 19.3 Å². The van der Waals surface area contributed by atoms with Crippen LogP contribution in [-0.2, 0) is 11.3 Å². The maximum absolute atomic E-state index is 13.7. The Morgan fingerprint density at radius 2 is 2.19 bits per heavy atom. The minimum absolute atomic E-state index is 0.0419. The monoisotopic (exact) mass is 366 g/mol. The summed E-state index contributed by atoms with van der Waals surface area (Å²) in [6.45, 7) is 0.842. The molecular weight excluding hydrogens is 351 g/mol. The van der Waals surface area contributed by atoms with Gasteiger partial charge in [0.05, 0.1) is 11.0 Å². The summed E-state index contributed by atoms with van der Waals surface area (Å²) >= 11 is 0. The van der Waals surface area contributed by atoms with Crippen molar-refractivity contribution in [3.63, 3.8) is 0 Å². The van der Waals surface area contributed by atoms with Gasteiger partial charge in [0.1, 0.15) is 6.61 Å². The Labute approximate surface area is 146 Å². The van der Waals surface area contributed by atoms with Crippen LogP contribution in [0.4, 0.5) is 14.9 Å². The molecule has 1 aromatic heterocycles. The lowest BCUT2D eigenvalue weighted by molar-refractivity contribution is -0.387. The van der Waals surface area contributed by atoms with E-state index in [1.807, 2.05) is 0 Å². The standard InChI is InChI=1S/C15H15FN4O6/c16-11-7-9(1-2-12(11)20(23)24)14-17-13(26-18-14)8-25-10-3-5-19(6-4-10)15(21)22/h1-2,7,10H,3-6,8H2,(H,21,22). The van der Waals surface area contributed by atoms with E-state index in [2.05, 4.69) is 10.1 Å². The van der Waals surface area contributed by atoms with E-state index < -0.39 is 22.5 Å². The Morgan fingerprint density at radius 1 is 1.46 bits per heavy atom. The van der Waals surface area contributed by atoms with Crippen LogP contribution in [0.2, 0.25) is 0 Å². The molecule has 138 valence electrons. The second kappa shape index (κ2) is 7.44. The van der Waals surface area contributed by atoms with Crippen LogP contribution >= 0.6 is 0 Å². The summed E-state index contributed by atoms with van der Waals surface area (Å²) in [5.74, 6) is -0.710. The van der Waals surface area contributed by atoms with E-state index in [9.17, 15) is 19.3 Å². The van der Waals surface area contributed by atoms with Crippen LogP contribution in [0.1, 0.15) is 18.7 Å². The zero-order chi connectivity index (χ0) is 18.7. The summed E-state index contributed by atoms with van der Waals surface area (Å²) < 4.78 is 24.4. The van der Waals surface area contributed by atoms with Crippen molar-refractivity contribution in [2.24, 2.45) is 0 Å². The highest BCUT2D eigenvalue weighted by molar-refractivity contribution is 5.65. The first-order valence-corrected chi connectivity index (χ1v) is 7.80. The van der Waals surface area contributed by atoms with E-state index in [4.69, 9.17) is 14.4 Å². The van der Waals surface area contributed by atoms with Crippen molar-refractivity contribution in [1.29, 1.82) is 0 Å². The van der Waals surface area contributed by atoms with Crippen LogP contribution in [0, 0.1) is 15.9 Å². The van der Waals surface area contributed by atoms with E-state index in [1.54, 1.807) is 0 Å². The van der Waals surface area contributed by atoms with Crippen molar-refractivity contribution >= 4 is 11.8 Å². The van der Waals surface area contributed by atoms with E-state index in [1.165, 1.54) is 11.0 Å². The van der Waals surface area contributed by atoms with E-state index in [-0.39, 0.29) is 30.0 Å². The van der Waals surface area contributed by atoms with Crippen molar-refractivity contribution < 1.29 is 28.5 Å². The normalized spacial score (nSPS) is 15.2. The highest BCUT2D eigenvalue weighted by Crippen LogP contribution is 2.24. The summed E-state index contributed by atoms with van der Waals surface area (Å²) in [7, 11) is 0. The molecule has 2 aromatic rings. The lowest BCUT2D eigenvalue weighted by atomic mass is 10.1. The minimum atomic E-state index is -0.986. The quantitative estimate of drug-likeness (QED) is 0.630. The number of aromatic nitrogens is 2. The highest BCUT2D eigenvalue weighted by Gasteiger charge is 2.23. The number of rotatable bonds is 5. The van der Waals surface area contributed by atoms with Crippen molar-refractivity contribution in [2.45, 2.75) is 25.6 Å². The molecule has 0 atom stereocenters. The van der Waals surface area contributed by atoms with Gasteiger partial charge in [0.25, 0.3) is 5.89 Å². The van der Waals surface area contributed by atoms with Gasteiger partial charge >= 0.3 is 11.8 Å². The van der Waals surface area contributed by atoms with Crippen molar-refractivity contribution in [2.75, 3.05) is 13.1 Å². The maximum Gasteiger partial charge on any atom is 0.407 e. The first kappa shape index (κ1) is 17.7. The molecule has 0 bridgehead atoms. The van der Waals surface area contributed by atoms with E-state index in [0.717, 1.165) is 12.1 Å². The number of piperidine rings is 1. The molecular formula is C15H15FN4O6. The number of hydrogen-bond acceptors (Lipinski definition) is 7. The Kier molecular flexibility index (Phi) is 5.07. The average molecular weight is 366 g/mol. The number of ether oxygens (including phenoxy) is 1. The fraction of sp³-hybridized carbons (Fsp3) is 0.400. The number of carboxylic acid groups (broad SMARTS) is 1. The summed E-state index contributed by atoms with van der Waals surface area (Å²) in [6, 6.07) is 3.33. The number of nitro benzene ring substituents is 1. The van der Waals surface area contributed by atoms with Gasteiger partial charge in [0.2, 0.25) is 11.6 Å². The minimum Gasteiger partial charge on any atom is -0.465 e. The first-order chi connectivity index (χ1) is 12.4. The van der Waals surface area contributed by atoms with Crippen LogP contribution in [0.15, 0.2) is 22.7 Å². The Morgan fingerprint density at radius 3 is 2.81 bits per heavy atom. The number of amides is 1. The third kappa shape index (κ3) is 3.94. The molecule has 1 saturated heterocycles. The molecule has 2 heterocycles. The molecule has 0 aliphatic carbocycles. The number of benzene rings is 1. The first-order valence-electron chi connectivity index (χ1n) is 7.80. The molecule has 26 heavy (non-hydrogen) atoms. The van der Waals surface area contributed by atoms with Gasteiger partial charge in [-0.2, -0.15) is 9.37 Å². The van der Waals surface area contributed by atoms with E-state index >= 15 is 0 Å². The van der Waals surface area contributed by atoms with Gasteiger partial charge in [-0.25, -0.2) is 4.79 Å². The molecule has 11 heteroatoms. The molecule has 0 unspecified atom stereocenters. The van der Waals surface area contributed by atoms with Gasteiger partial charge in [-0.05, 0) is 25.0 Å². The fourth-order valence-electron chi connectivity index (χ4n) is 2.63. The summed E-state index contributed by atoms with van der Waals surface area (Å²) in [5.41, 5.74) is -0.383. The van der Waals surface area contributed by atoms with Crippen LogP contribution in [-0.4, -0.2) is 50.4 Å². The Hall–Kier alpha value is -3.08. The zero-order valence-corrected chi connectivity index (χ0v) is 13.5. The second-order valence-electron chi connectivity index (χ2n) is 5.72. The predicted molar refractivity (Wildman–Crippen MR) is 83.8 cm³/mol. The largest absolute Gasteiger partial charge is 0.465 e. The SMILES string of the molecule is O=C(O)N1CCC(OCc2nc(-c3ccc([N+](=O)[O-])c(F)c3)no2)CC1. The third-order valence-corrected chi connectivity index (χ3v) is 4.03. The predicted octanol–water partition coefficient (Wildman–Crippen LogP) is 2.44. The number of carbonyl (C=O) groups is 1. The summed E-state index contributed by atoms with van der Waals surface area (Å²) in [6.07, 6.45) is 0.0833. The van der Waals surface area contributed by atoms with Crippen LogP contribution in [0.3, 0.4) is 0 Å².